The van der Waals surface area contributed by atoms with Crippen molar-refractivity contribution in [3.63, 3.8) is 0 Å². The van der Waals surface area contributed by atoms with Crippen LogP contribution in [-0.2, 0) is 6.54 Å². The van der Waals surface area contributed by atoms with Crippen molar-refractivity contribution in [3.05, 3.63) is 71.0 Å². The lowest BCUT2D eigenvalue weighted by atomic mass is 10.0. The molecule has 3 heteroatoms. The first-order valence-electron chi connectivity index (χ1n) is 7.29. The summed E-state index contributed by atoms with van der Waals surface area (Å²) in [6, 6.07) is 14.5. The molecule has 2 aromatic rings. The first-order chi connectivity index (χ1) is 10.1. The highest BCUT2D eigenvalue weighted by molar-refractivity contribution is 5.24. The van der Waals surface area contributed by atoms with Gasteiger partial charge in [-0.05, 0) is 34.7 Å². The molecule has 0 radical (unpaired) electrons. The fourth-order valence-corrected chi connectivity index (χ4v) is 2.21. The molecule has 0 saturated carbocycles. The summed E-state index contributed by atoms with van der Waals surface area (Å²) in [5.74, 6) is 0.206. The van der Waals surface area contributed by atoms with Crippen LogP contribution in [0.2, 0.25) is 0 Å². The minimum atomic E-state index is -0.698. The molecule has 2 N–H and O–H groups in total. The zero-order valence-electron chi connectivity index (χ0n) is 12.5. The zero-order valence-corrected chi connectivity index (χ0v) is 12.5. The van der Waals surface area contributed by atoms with E-state index in [0.29, 0.717) is 24.6 Å². The van der Waals surface area contributed by atoms with Crippen LogP contribution in [0.1, 0.15) is 42.6 Å². The smallest absolute Gasteiger partial charge is 0.123 e. The molecule has 0 saturated heterocycles. The average Bonchev–Trinajstić information content (AvgIpc) is 2.47. The van der Waals surface area contributed by atoms with E-state index < -0.39 is 6.10 Å². The van der Waals surface area contributed by atoms with E-state index in [-0.39, 0.29) is 5.82 Å². The minimum Gasteiger partial charge on any atom is -0.387 e. The number of halogens is 1. The van der Waals surface area contributed by atoms with E-state index in [4.69, 9.17) is 0 Å². The summed E-state index contributed by atoms with van der Waals surface area (Å²) < 4.78 is 13.1. The van der Waals surface area contributed by atoms with E-state index in [0.717, 1.165) is 0 Å². The van der Waals surface area contributed by atoms with Gasteiger partial charge in [0, 0.05) is 13.1 Å². The van der Waals surface area contributed by atoms with E-state index in [1.165, 1.54) is 23.3 Å². The van der Waals surface area contributed by atoms with Crippen LogP contribution in [-0.4, -0.2) is 11.7 Å². The average molecular weight is 287 g/mol. The molecule has 0 bridgehead atoms. The third kappa shape index (κ3) is 4.66. The Morgan fingerprint density at radius 2 is 1.76 bits per heavy atom. The van der Waals surface area contributed by atoms with Crippen LogP contribution >= 0.6 is 0 Å². The van der Waals surface area contributed by atoms with Crippen LogP contribution < -0.4 is 5.32 Å². The van der Waals surface area contributed by atoms with Crippen molar-refractivity contribution in [2.24, 2.45) is 0 Å². The Kier molecular flexibility index (Phi) is 5.48. The Balaban J connectivity index is 1.83. The Morgan fingerprint density at radius 1 is 1.05 bits per heavy atom. The van der Waals surface area contributed by atoms with Gasteiger partial charge in [-0.25, -0.2) is 4.39 Å². The zero-order chi connectivity index (χ0) is 15.2. The molecule has 0 aliphatic rings. The summed E-state index contributed by atoms with van der Waals surface area (Å²) in [6.45, 7) is 5.42. The van der Waals surface area contributed by atoms with Crippen LogP contribution in [0.25, 0.3) is 0 Å². The fourth-order valence-electron chi connectivity index (χ4n) is 2.21. The summed E-state index contributed by atoms with van der Waals surface area (Å²) in [4.78, 5) is 0. The quantitative estimate of drug-likeness (QED) is 0.847. The van der Waals surface area contributed by atoms with Gasteiger partial charge >= 0.3 is 0 Å². The number of aliphatic hydroxyl groups is 1. The predicted molar refractivity (Wildman–Crippen MR) is 83.6 cm³/mol. The highest BCUT2D eigenvalue weighted by Crippen LogP contribution is 2.15. The monoisotopic (exact) mass is 287 g/mol. The largest absolute Gasteiger partial charge is 0.387 e. The highest BCUT2D eigenvalue weighted by Gasteiger charge is 2.07. The van der Waals surface area contributed by atoms with E-state index in [1.54, 1.807) is 12.1 Å². The third-order valence-electron chi connectivity index (χ3n) is 3.55. The van der Waals surface area contributed by atoms with Crippen LogP contribution in [0, 0.1) is 5.82 Å². The maximum atomic E-state index is 13.1. The maximum Gasteiger partial charge on any atom is 0.123 e. The van der Waals surface area contributed by atoms with Crippen molar-refractivity contribution in [1.82, 2.24) is 5.32 Å². The van der Waals surface area contributed by atoms with Crippen LogP contribution in [0.4, 0.5) is 4.39 Å². The Bertz CT molecular complexity index is 566. The van der Waals surface area contributed by atoms with Gasteiger partial charge in [-0.15, -0.1) is 0 Å². The van der Waals surface area contributed by atoms with Gasteiger partial charge in [0.1, 0.15) is 5.82 Å². The molecule has 0 amide bonds. The van der Waals surface area contributed by atoms with Crippen molar-refractivity contribution in [2.75, 3.05) is 6.54 Å². The molecule has 0 aromatic heterocycles. The van der Waals surface area contributed by atoms with Gasteiger partial charge < -0.3 is 10.4 Å². The first-order valence-corrected chi connectivity index (χ1v) is 7.29. The number of benzene rings is 2. The van der Waals surface area contributed by atoms with Crippen molar-refractivity contribution in [3.8, 4) is 0 Å². The standard InChI is InChI=1S/C18H22FNO/c1-13(2)15-8-6-14(7-9-15)11-20-12-18(21)16-4-3-5-17(19)10-16/h3-10,13,18,20-21H,11-12H2,1-2H3. The van der Waals surface area contributed by atoms with Crippen LogP contribution in [0.3, 0.4) is 0 Å². The molecular weight excluding hydrogens is 265 g/mol. The number of aliphatic hydroxyl groups excluding tert-OH is 1. The molecule has 0 aliphatic carbocycles. The molecular formula is C18H22FNO. The lowest BCUT2D eigenvalue weighted by Crippen LogP contribution is -2.21. The Labute approximate surface area is 125 Å². The van der Waals surface area contributed by atoms with E-state index >= 15 is 0 Å². The molecule has 1 unspecified atom stereocenters. The van der Waals surface area contributed by atoms with Gasteiger partial charge in [-0.1, -0.05) is 50.2 Å². The summed E-state index contributed by atoms with van der Waals surface area (Å²) in [7, 11) is 0. The summed E-state index contributed by atoms with van der Waals surface area (Å²) >= 11 is 0. The van der Waals surface area contributed by atoms with E-state index in [1.807, 2.05) is 0 Å². The SMILES string of the molecule is CC(C)c1ccc(CNCC(O)c2cccc(F)c2)cc1. The molecule has 0 fully saturated rings. The second-order valence-corrected chi connectivity index (χ2v) is 5.60. The predicted octanol–water partition coefficient (Wildman–Crippen LogP) is 3.77. The Morgan fingerprint density at radius 3 is 2.38 bits per heavy atom. The molecule has 2 aromatic carbocycles. The highest BCUT2D eigenvalue weighted by atomic mass is 19.1. The first kappa shape index (κ1) is 15.7. The van der Waals surface area contributed by atoms with Crippen molar-refractivity contribution in [1.29, 1.82) is 0 Å². The second kappa shape index (κ2) is 7.34. The number of rotatable bonds is 6. The normalized spacial score (nSPS) is 12.6. The third-order valence-corrected chi connectivity index (χ3v) is 3.55. The van der Waals surface area contributed by atoms with Crippen molar-refractivity contribution < 1.29 is 9.50 Å². The molecule has 21 heavy (non-hydrogen) atoms. The summed E-state index contributed by atoms with van der Waals surface area (Å²) in [5, 5.41) is 13.2. The van der Waals surface area contributed by atoms with Crippen molar-refractivity contribution >= 4 is 0 Å². The van der Waals surface area contributed by atoms with Crippen LogP contribution in [0.15, 0.2) is 48.5 Å². The summed E-state index contributed by atoms with van der Waals surface area (Å²) in [6.07, 6.45) is -0.698. The molecule has 2 nitrogen and oxygen atoms in total. The molecule has 2 rings (SSSR count). The lowest BCUT2D eigenvalue weighted by Gasteiger charge is -2.13. The van der Waals surface area contributed by atoms with Gasteiger partial charge in [0.25, 0.3) is 0 Å². The number of hydrogen-bond donors (Lipinski definition) is 2. The lowest BCUT2D eigenvalue weighted by molar-refractivity contribution is 0.174. The molecule has 0 aliphatic heterocycles. The van der Waals surface area contributed by atoms with Gasteiger partial charge in [0.15, 0.2) is 0 Å². The van der Waals surface area contributed by atoms with E-state index in [9.17, 15) is 9.50 Å². The number of hydrogen-bond acceptors (Lipinski definition) is 2. The van der Waals surface area contributed by atoms with E-state index in [2.05, 4.69) is 43.4 Å². The van der Waals surface area contributed by atoms with Gasteiger partial charge in [-0.3, -0.25) is 0 Å². The topological polar surface area (TPSA) is 32.3 Å². The second-order valence-electron chi connectivity index (χ2n) is 5.60. The van der Waals surface area contributed by atoms with Gasteiger partial charge in [-0.2, -0.15) is 0 Å². The fraction of sp³-hybridized carbons (Fsp3) is 0.333. The minimum absolute atomic E-state index is 0.323. The number of nitrogens with one attached hydrogen (secondary N) is 1. The summed E-state index contributed by atoms with van der Waals surface area (Å²) in [5.41, 5.74) is 3.09. The van der Waals surface area contributed by atoms with Gasteiger partial charge in [0.05, 0.1) is 6.10 Å². The Hall–Kier alpha value is -1.71. The van der Waals surface area contributed by atoms with Gasteiger partial charge in [0.2, 0.25) is 0 Å². The van der Waals surface area contributed by atoms with Crippen LogP contribution in [0.5, 0.6) is 0 Å². The van der Waals surface area contributed by atoms with Crippen molar-refractivity contribution in [2.45, 2.75) is 32.4 Å². The molecule has 0 spiro atoms. The molecule has 0 heterocycles. The molecule has 1 atom stereocenters. The maximum absolute atomic E-state index is 13.1. The molecule has 112 valence electrons.